The molecule has 2 rings (SSSR count). The van der Waals surface area contributed by atoms with Crippen molar-refractivity contribution in [2.24, 2.45) is 0 Å². The average Bonchev–Trinajstić information content (AvgIpc) is 2.51. The molecule has 0 fully saturated rings. The summed E-state index contributed by atoms with van der Waals surface area (Å²) < 4.78 is 29.7. The first-order chi connectivity index (χ1) is 11.4. The summed E-state index contributed by atoms with van der Waals surface area (Å²) in [6, 6.07) is 9.45. The third kappa shape index (κ3) is 4.65. The topological polar surface area (TPSA) is 75.6 Å². The highest BCUT2D eigenvalue weighted by molar-refractivity contribution is 6.01. The number of carbonyl (C=O) groups excluding carboxylic acids is 1. The van der Waals surface area contributed by atoms with Gasteiger partial charge in [-0.05, 0) is 36.2 Å². The molecule has 0 aliphatic carbocycles. The number of hydrogen-bond donors (Lipinski definition) is 2. The van der Waals surface area contributed by atoms with Gasteiger partial charge in [0.15, 0.2) is 0 Å². The number of fused-ring (bicyclic) bond motifs is 1. The fraction of sp³-hybridized carbons (Fsp3) is 0.294. The fourth-order valence-corrected chi connectivity index (χ4v) is 2.30. The molecule has 24 heavy (non-hydrogen) atoms. The quantitative estimate of drug-likeness (QED) is 0.812. The molecule has 0 bridgehead atoms. The normalized spacial score (nSPS) is 12.2. The van der Waals surface area contributed by atoms with Gasteiger partial charge in [-0.2, -0.15) is 8.78 Å². The fourth-order valence-electron chi connectivity index (χ4n) is 2.30. The highest BCUT2D eigenvalue weighted by atomic mass is 19.3. The van der Waals surface area contributed by atoms with E-state index < -0.39 is 24.5 Å². The average molecular weight is 337 g/mol. The third-order valence-corrected chi connectivity index (χ3v) is 3.48. The lowest BCUT2D eigenvalue weighted by atomic mass is 10.0. The largest absolute Gasteiger partial charge is 0.481 e. The Hall–Kier alpha value is -2.70. The highest BCUT2D eigenvalue weighted by Gasteiger charge is 2.19. The summed E-state index contributed by atoms with van der Waals surface area (Å²) in [5.41, 5.74) is -0.0174. The zero-order chi connectivity index (χ0) is 17.7. The van der Waals surface area contributed by atoms with E-state index in [-0.39, 0.29) is 24.2 Å². The zero-order valence-electron chi connectivity index (χ0n) is 13.0. The molecule has 0 aromatic heterocycles. The van der Waals surface area contributed by atoms with Crippen molar-refractivity contribution in [1.82, 2.24) is 5.32 Å². The van der Waals surface area contributed by atoms with Crippen LogP contribution in [0.25, 0.3) is 10.8 Å². The number of aliphatic carboxylic acids is 1. The minimum absolute atomic E-state index is 0.0174. The molecule has 0 aliphatic rings. The molecule has 0 spiro atoms. The Morgan fingerprint density at radius 1 is 1.21 bits per heavy atom. The molecule has 7 heteroatoms. The van der Waals surface area contributed by atoms with Crippen molar-refractivity contribution >= 4 is 22.6 Å². The van der Waals surface area contributed by atoms with E-state index >= 15 is 0 Å². The summed E-state index contributed by atoms with van der Waals surface area (Å²) in [5, 5.41) is 12.6. The van der Waals surface area contributed by atoms with Gasteiger partial charge in [-0.3, -0.25) is 9.59 Å². The first-order valence-corrected chi connectivity index (χ1v) is 7.37. The Morgan fingerprint density at radius 3 is 2.42 bits per heavy atom. The van der Waals surface area contributed by atoms with Crippen LogP contribution in [0.4, 0.5) is 8.78 Å². The van der Waals surface area contributed by atoms with Crippen LogP contribution in [0.3, 0.4) is 0 Å². The van der Waals surface area contributed by atoms with Crippen molar-refractivity contribution in [1.29, 1.82) is 0 Å². The number of amides is 1. The lowest BCUT2D eigenvalue weighted by molar-refractivity contribution is -0.137. The van der Waals surface area contributed by atoms with Crippen LogP contribution in [-0.4, -0.2) is 29.6 Å². The minimum Gasteiger partial charge on any atom is -0.481 e. The third-order valence-electron chi connectivity index (χ3n) is 3.48. The van der Waals surface area contributed by atoms with Gasteiger partial charge < -0.3 is 15.2 Å². The predicted octanol–water partition coefficient (Wildman–Crippen LogP) is 3.42. The molecule has 0 aliphatic heterocycles. The maximum atomic E-state index is 12.6. The number of alkyl halides is 2. The van der Waals surface area contributed by atoms with E-state index in [0.717, 1.165) is 0 Å². The summed E-state index contributed by atoms with van der Waals surface area (Å²) in [5.74, 6) is -1.77. The number of halogens is 2. The number of hydrogen-bond acceptors (Lipinski definition) is 3. The number of ether oxygens (including phenoxy) is 1. The Morgan fingerprint density at radius 2 is 1.83 bits per heavy atom. The number of nitrogens with one attached hydrogen (secondary N) is 1. The maximum Gasteiger partial charge on any atom is 0.387 e. The monoisotopic (exact) mass is 337 g/mol. The lowest BCUT2D eigenvalue weighted by Crippen LogP contribution is -2.33. The van der Waals surface area contributed by atoms with Crippen molar-refractivity contribution < 1.29 is 28.2 Å². The number of rotatable bonds is 7. The molecular formula is C17H17F2NO4. The maximum absolute atomic E-state index is 12.6. The molecular weight excluding hydrogens is 320 g/mol. The van der Waals surface area contributed by atoms with Gasteiger partial charge in [0.05, 0.1) is 5.56 Å². The summed E-state index contributed by atoms with van der Waals surface area (Å²) in [6.07, 6.45) is 0.138. The first kappa shape index (κ1) is 17.7. The van der Waals surface area contributed by atoms with Gasteiger partial charge in [0.1, 0.15) is 5.75 Å². The second-order valence-corrected chi connectivity index (χ2v) is 5.38. The minimum atomic E-state index is -3.05. The summed E-state index contributed by atoms with van der Waals surface area (Å²) in [6.45, 7) is -1.41. The van der Waals surface area contributed by atoms with Gasteiger partial charge in [-0.25, -0.2) is 0 Å². The van der Waals surface area contributed by atoms with Gasteiger partial charge >= 0.3 is 12.6 Å². The molecule has 0 heterocycles. The number of carbonyl (C=O) groups is 2. The van der Waals surface area contributed by atoms with Crippen LogP contribution in [0.15, 0.2) is 36.4 Å². The molecule has 2 N–H and O–H groups in total. The van der Waals surface area contributed by atoms with E-state index in [1.165, 1.54) is 12.1 Å². The van der Waals surface area contributed by atoms with Gasteiger partial charge in [0, 0.05) is 12.5 Å². The van der Waals surface area contributed by atoms with Gasteiger partial charge in [-0.15, -0.1) is 0 Å². The van der Waals surface area contributed by atoms with Crippen LogP contribution in [0.1, 0.15) is 30.1 Å². The van der Waals surface area contributed by atoms with Crippen molar-refractivity contribution in [3.63, 3.8) is 0 Å². The van der Waals surface area contributed by atoms with E-state index in [4.69, 9.17) is 5.11 Å². The van der Waals surface area contributed by atoms with Gasteiger partial charge in [-0.1, -0.05) is 24.3 Å². The zero-order valence-corrected chi connectivity index (χ0v) is 13.0. The molecule has 0 saturated heterocycles. The first-order valence-electron chi connectivity index (χ1n) is 7.37. The van der Waals surface area contributed by atoms with Crippen LogP contribution < -0.4 is 10.1 Å². The summed E-state index contributed by atoms with van der Waals surface area (Å²) in [4.78, 5) is 22.9. The van der Waals surface area contributed by atoms with E-state index in [2.05, 4.69) is 10.1 Å². The van der Waals surface area contributed by atoms with E-state index in [0.29, 0.717) is 10.8 Å². The Kier molecular flexibility index (Phi) is 5.68. The van der Waals surface area contributed by atoms with E-state index in [1.807, 2.05) is 0 Å². The molecule has 2 aromatic carbocycles. The standard InChI is InChI=1S/C17H17F2NO4/c1-10(6-7-15(21)22)20-16(23)13-8-11-4-2-3-5-12(11)9-14(13)24-17(18)19/h2-5,8-10,17H,6-7H2,1H3,(H,20,23)(H,21,22). The smallest absolute Gasteiger partial charge is 0.387 e. The molecule has 1 atom stereocenters. The number of carboxylic acids is 1. The number of benzene rings is 2. The summed E-state index contributed by atoms with van der Waals surface area (Å²) >= 11 is 0. The van der Waals surface area contributed by atoms with Gasteiger partial charge in [0.25, 0.3) is 5.91 Å². The van der Waals surface area contributed by atoms with E-state index in [1.54, 1.807) is 31.2 Å². The number of carboxylic acid groups (broad SMARTS) is 1. The lowest BCUT2D eigenvalue weighted by Gasteiger charge is -2.16. The molecule has 1 amide bonds. The van der Waals surface area contributed by atoms with Gasteiger partial charge in [0.2, 0.25) is 0 Å². The van der Waals surface area contributed by atoms with Crippen LogP contribution >= 0.6 is 0 Å². The van der Waals surface area contributed by atoms with Crippen molar-refractivity contribution in [2.75, 3.05) is 0 Å². The molecule has 0 saturated carbocycles. The van der Waals surface area contributed by atoms with Crippen molar-refractivity contribution in [2.45, 2.75) is 32.4 Å². The highest BCUT2D eigenvalue weighted by Crippen LogP contribution is 2.27. The van der Waals surface area contributed by atoms with Crippen molar-refractivity contribution in [3.05, 3.63) is 42.0 Å². The molecule has 1 unspecified atom stereocenters. The molecule has 0 radical (unpaired) electrons. The molecule has 5 nitrogen and oxygen atoms in total. The SMILES string of the molecule is CC(CCC(=O)O)NC(=O)c1cc2ccccc2cc1OC(F)F. The predicted molar refractivity (Wildman–Crippen MR) is 84.4 cm³/mol. The van der Waals surface area contributed by atoms with Crippen LogP contribution in [0.5, 0.6) is 5.75 Å². The second kappa shape index (κ2) is 7.72. The van der Waals surface area contributed by atoms with Crippen LogP contribution in [0.2, 0.25) is 0 Å². The van der Waals surface area contributed by atoms with Crippen LogP contribution in [0, 0.1) is 0 Å². The molecule has 128 valence electrons. The molecule has 2 aromatic rings. The van der Waals surface area contributed by atoms with Crippen molar-refractivity contribution in [3.8, 4) is 5.75 Å². The Bertz CT molecular complexity index is 748. The second-order valence-electron chi connectivity index (χ2n) is 5.38. The van der Waals surface area contributed by atoms with Crippen LogP contribution in [-0.2, 0) is 4.79 Å². The van der Waals surface area contributed by atoms with E-state index in [9.17, 15) is 18.4 Å². The Labute approximate surface area is 137 Å². The summed E-state index contributed by atoms with van der Waals surface area (Å²) in [7, 11) is 0. The Balaban J connectivity index is 2.27.